The Balaban J connectivity index is 2.33. The van der Waals surface area contributed by atoms with E-state index in [1.807, 2.05) is 6.07 Å². The number of hydrogen-bond donors (Lipinski definition) is 1. The summed E-state index contributed by atoms with van der Waals surface area (Å²) in [6.45, 7) is 3.72. The van der Waals surface area contributed by atoms with Crippen LogP contribution in [0, 0.1) is 6.92 Å². The van der Waals surface area contributed by atoms with Crippen LogP contribution in [-0.2, 0) is 26.2 Å². The van der Waals surface area contributed by atoms with Crippen molar-refractivity contribution >= 4 is 38.9 Å². The third kappa shape index (κ3) is 5.45. The standard InChI is InChI=1S/C19H23ClN2O4S/c1-13-8-9-16(20)11-18(13)22(27(4,24)25)14(2)19(23)21-17-7-5-6-15(10-17)12-26-3/h5-11,14H,12H2,1-4H3,(H,21,23). The van der Waals surface area contributed by atoms with E-state index in [9.17, 15) is 13.2 Å². The maximum absolute atomic E-state index is 12.8. The summed E-state index contributed by atoms with van der Waals surface area (Å²) in [6.07, 6.45) is 1.07. The predicted octanol–water partition coefficient (Wildman–Crippen LogP) is 3.59. The number of aryl methyl sites for hydroxylation is 1. The van der Waals surface area contributed by atoms with Crippen molar-refractivity contribution in [1.29, 1.82) is 0 Å². The van der Waals surface area contributed by atoms with Crippen LogP contribution in [0.15, 0.2) is 42.5 Å². The second-order valence-corrected chi connectivity index (χ2v) is 8.58. The maximum Gasteiger partial charge on any atom is 0.247 e. The van der Waals surface area contributed by atoms with Crippen molar-refractivity contribution in [3.05, 3.63) is 58.6 Å². The largest absolute Gasteiger partial charge is 0.380 e. The van der Waals surface area contributed by atoms with E-state index in [0.29, 0.717) is 28.6 Å². The number of benzene rings is 2. The number of hydrogen-bond acceptors (Lipinski definition) is 4. The summed E-state index contributed by atoms with van der Waals surface area (Å²) >= 11 is 6.04. The maximum atomic E-state index is 12.8. The first-order valence-corrected chi connectivity index (χ1v) is 10.5. The van der Waals surface area contributed by atoms with Crippen molar-refractivity contribution in [3.63, 3.8) is 0 Å². The molecule has 2 rings (SSSR count). The molecule has 6 nitrogen and oxygen atoms in total. The van der Waals surface area contributed by atoms with Gasteiger partial charge in [-0.25, -0.2) is 8.42 Å². The van der Waals surface area contributed by atoms with Crippen molar-refractivity contribution in [2.24, 2.45) is 0 Å². The zero-order valence-electron chi connectivity index (χ0n) is 15.7. The highest BCUT2D eigenvalue weighted by molar-refractivity contribution is 7.92. The third-order valence-corrected chi connectivity index (χ3v) is 5.47. The van der Waals surface area contributed by atoms with Gasteiger partial charge in [0, 0.05) is 17.8 Å². The monoisotopic (exact) mass is 410 g/mol. The summed E-state index contributed by atoms with van der Waals surface area (Å²) in [5.74, 6) is -0.450. The summed E-state index contributed by atoms with van der Waals surface area (Å²) in [4.78, 5) is 12.8. The van der Waals surface area contributed by atoms with Gasteiger partial charge in [0.1, 0.15) is 6.04 Å². The number of halogens is 1. The highest BCUT2D eigenvalue weighted by Gasteiger charge is 2.30. The molecule has 2 aromatic rings. The Morgan fingerprint density at radius 3 is 2.59 bits per heavy atom. The molecule has 1 amide bonds. The Hall–Kier alpha value is -2.09. The lowest BCUT2D eigenvalue weighted by atomic mass is 10.1. The first-order chi connectivity index (χ1) is 12.6. The SMILES string of the molecule is COCc1cccc(NC(=O)C(C)N(c2cc(Cl)ccc2C)S(C)(=O)=O)c1. The Bertz CT molecular complexity index is 931. The van der Waals surface area contributed by atoms with Crippen LogP contribution in [0.25, 0.3) is 0 Å². The zero-order chi connectivity index (χ0) is 20.2. The van der Waals surface area contributed by atoms with Gasteiger partial charge in [-0.2, -0.15) is 0 Å². The van der Waals surface area contributed by atoms with E-state index in [2.05, 4.69) is 5.32 Å². The lowest BCUT2D eigenvalue weighted by Gasteiger charge is -2.29. The molecule has 0 aliphatic carbocycles. The van der Waals surface area contributed by atoms with Crippen LogP contribution in [0.3, 0.4) is 0 Å². The highest BCUT2D eigenvalue weighted by Crippen LogP contribution is 2.28. The minimum Gasteiger partial charge on any atom is -0.380 e. The number of sulfonamides is 1. The smallest absolute Gasteiger partial charge is 0.247 e. The summed E-state index contributed by atoms with van der Waals surface area (Å²) in [5.41, 5.74) is 2.54. The Morgan fingerprint density at radius 2 is 1.96 bits per heavy atom. The number of nitrogens with zero attached hydrogens (tertiary/aromatic N) is 1. The van der Waals surface area contributed by atoms with E-state index in [1.165, 1.54) is 6.92 Å². The van der Waals surface area contributed by atoms with Crippen LogP contribution in [0.4, 0.5) is 11.4 Å². The minimum absolute atomic E-state index is 0.376. The number of carbonyl (C=O) groups is 1. The van der Waals surface area contributed by atoms with Crippen LogP contribution in [0.2, 0.25) is 5.02 Å². The predicted molar refractivity (Wildman–Crippen MR) is 109 cm³/mol. The molecule has 146 valence electrons. The summed E-state index contributed by atoms with van der Waals surface area (Å²) in [5, 5.41) is 3.16. The van der Waals surface area contributed by atoms with E-state index in [4.69, 9.17) is 16.3 Å². The molecule has 8 heteroatoms. The molecule has 0 aliphatic heterocycles. The van der Waals surface area contributed by atoms with Crippen molar-refractivity contribution in [2.75, 3.05) is 23.0 Å². The van der Waals surface area contributed by atoms with Gasteiger partial charge in [0.15, 0.2) is 0 Å². The van der Waals surface area contributed by atoms with Crippen LogP contribution in [0.1, 0.15) is 18.1 Å². The molecule has 27 heavy (non-hydrogen) atoms. The van der Waals surface area contributed by atoms with E-state index in [-0.39, 0.29) is 0 Å². The van der Waals surface area contributed by atoms with Crippen LogP contribution < -0.4 is 9.62 Å². The lowest BCUT2D eigenvalue weighted by molar-refractivity contribution is -0.116. The van der Waals surface area contributed by atoms with Gasteiger partial charge in [-0.3, -0.25) is 9.10 Å². The summed E-state index contributed by atoms with van der Waals surface area (Å²) < 4.78 is 31.0. The molecule has 0 saturated heterocycles. The molecule has 0 saturated carbocycles. The number of carbonyl (C=O) groups excluding carboxylic acids is 1. The van der Waals surface area contributed by atoms with Gasteiger partial charge in [0.25, 0.3) is 0 Å². The van der Waals surface area contributed by atoms with Gasteiger partial charge in [-0.1, -0.05) is 29.8 Å². The average molecular weight is 411 g/mol. The molecular weight excluding hydrogens is 388 g/mol. The molecule has 0 aliphatic rings. The topological polar surface area (TPSA) is 75.7 Å². The van der Waals surface area contributed by atoms with Gasteiger partial charge in [-0.05, 0) is 49.2 Å². The van der Waals surface area contributed by atoms with E-state index in [1.54, 1.807) is 50.4 Å². The van der Waals surface area contributed by atoms with Gasteiger partial charge in [0.2, 0.25) is 15.9 Å². The quantitative estimate of drug-likeness (QED) is 0.756. The second-order valence-electron chi connectivity index (χ2n) is 6.29. The number of ether oxygens (including phenoxy) is 1. The number of amides is 1. The molecule has 0 bridgehead atoms. The normalized spacial score (nSPS) is 12.5. The minimum atomic E-state index is -3.72. The fraction of sp³-hybridized carbons (Fsp3) is 0.316. The van der Waals surface area contributed by atoms with Gasteiger partial charge < -0.3 is 10.1 Å². The summed E-state index contributed by atoms with van der Waals surface area (Å²) in [6, 6.07) is 11.2. The zero-order valence-corrected chi connectivity index (χ0v) is 17.3. The molecular formula is C19H23ClN2O4S. The molecule has 0 fully saturated rings. The fourth-order valence-corrected chi connectivity index (χ4v) is 4.14. The Kier molecular flexibility index (Phi) is 6.86. The highest BCUT2D eigenvalue weighted by atomic mass is 35.5. The molecule has 0 aromatic heterocycles. The molecule has 2 aromatic carbocycles. The molecule has 0 radical (unpaired) electrons. The molecule has 0 spiro atoms. The lowest BCUT2D eigenvalue weighted by Crippen LogP contribution is -2.45. The Labute approximate surface area is 165 Å². The van der Waals surface area contributed by atoms with Crippen LogP contribution in [0.5, 0.6) is 0 Å². The van der Waals surface area contributed by atoms with Gasteiger partial charge in [0.05, 0.1) is 18.6 Å². The van der Waals surface area contributed by atoms with Gasteiger partial charge in [-0.15, -0.1) is 0 Å². The number of rotatable bonds is 7. The Morgan fingerprint density at radius 1 is 1.26 bits per heavy atom. The second kappa shape index (κ2) is 8.73. The van der Waals surface area contributed by atoms with Crippen molar-refractivity contribution in [2.45, 2.75) is 26.5 Å². The fourth-order valence-electron chi connectivity index (χ4n) is 2.75. The molecule has 1 N–H and O–H groups in total. The first-order valence-electron chi connectivity index (χ1n) is 8.27. The van der Waals surface area contributed by atoms with E-state index < -0.39 is 22.0 Å². The van der Waals surface area contributed by atoms with E-state index in [0.717, 1.165) is 16.1 Å². The van der Waals surface area contributed by atoms with Crippen molar-refractivity contribution in [3.8, 4) is 0 Å². The third-order valence-electron chi connectivity index (χ3n) is 4.00. The first kappa shape index (κ1) is 21.2. The number of methoxy groups -OCH3 is 1. The van der Waals surface area contributed by atoms with Crippen LogP contribution >= 0.6 is 11.6 Å². The van der Waals surface area contributed by atoms with Crippen LogP contribution in [-0.4, -0.2) is 33.7 Å². The molecule has 1 atom stereocenters. The van der Waals surface area contributed by atoms with Crippen molar-refractivity contribution < 1.29 is 17.9 Å². The van der Waals surface area contributed by atoms with E-state index >= 15 is 0 Å². The average Bonchev–Trinajstić information content (AvgIpc) is 2.57. The summed E-state index contributed by atoms with van der Waals surface area (Å²) in [7, 11) is -2.13. The van der Waals surface area contributed by atoms with Crippen molar-refractivity contribution in [1.82, 2.24) is 0 Å². The number of anilines is 2. The molecule has 0 heterocycles. The number of nitrogens with one attached hydrogen (secondary N) is 1. The molecule has 1 unspecified atom stereocenters. The van der Waals surface area contributed by atoms with Gasteiger partial charge >= 0.3 is 0 Å².